The van der Waals surface area contributed by atoms with E-state index in [9.17, 15) is 27.9 Å². The third-order valence-corrected chi connectivity index (χ3v) is 6.19. The van der Waals surface area contributed by atoms with Gasteiger partial charge in [0.05, 0.1) is 17.9 Å². The van der Waals surface area contributed by atoms with Gasteiger partial charge >= 0.3 is 5.97 Å². The van der Waals surface area contributed by atoms with Crippen LogP contribution in [0.2, 0.25) is 0 Å². The number of nitrogen functional groups attached to an aromatic ring is 1. The summed E-state index contributed by atoms with van der Waals surface area (Å²) in [5, 5.41) is 30.9. The van der Waals surface area contributed by atoms with Crippen LogP contribution >= 0.6 is 0 Å². The van der Waals surface area contributed by atoms with Gasteiger partial charge < -0.3 is 26.6 Å². The van der Waals surface area contributed by atoms with Crippen LogP contribution in [0.25, 0.3) is 0 Å². The Morgan fingerprint density at radius 3 is 2.26 bits per heavy atom. The van der Waals surface area contributed by atoms with Crippen molar-refractivity contribution < 1.29 is 33.0 Å². The number of hydrogen-bond donors (Lipinski definition) is 7. The number of hydrogen-bond acceptors (Lipinski definition) is 7. The first kappa shape index (κ1) is 27.4. The third kappa shape index (κ3) is 8.48. The maximum atomic E-state index is 12.5. The molecule has 0 aromatic heterocycles. The molecule has 0 saturated carbocycles. The largest absolute Gasteiger partial charge is 0.478 e. The summed E-state index contributed by atoms with van der Waals surface area (Å²) in [7, 11) is -4.13. The fourth-order valence-corrected chi connectivity index (χ4v) is 4.29. The van der Waals surface area contributed by atoms with Gasteiger partial charge in [-0.2, -0.15) is 0 Å². The fourth-order valence-electron chi connectivity index (χ4n) is 2.97. The summed E-state index contributed by atoms with van der Waals surface area (Å²) in [5.41, 5.74) is 6.74. The van der Waals surface area contributed by atoms with Crippen LogP contribution in [0.15, 0.2) is 48.5 Å². The molecule has 0 bridgehead atoms. The van der Waals surface area contributed by atoms with Gasteiger partial charge in [0.1, 0.15) is 17.9 Å². The average Bonchev–Trinajstić information content (AvgIpc) is 2.80. The Hall–Kier alpha value is -3.81. The second-order valence-electron chi connectivity index (χ2n) is 7.68. The number of aliphatic hydroxyl groups excluding tert-OH is 1. The van der Waals surface area contributed by atoms with Gasteiger partial charge in [0.15, 0.2) is 0 Å². The number of benzene rings is 2. The highest BCUT2D eigenvalue weighted by Gasteiger charge is 2.26. The first-order chi connectivity index (χ1) is 16.4. The van der Waals surface area contributed by atoms with Crippen molar-refractivity contribution in [1.29, 1.82) is 5.41 Å². The molecule has 0 spiro atoms. The minimum Gasteiger partial charge on any atom is -0.478 e. The number of nitrogens with one attached hydrogen (secondary N) is 4. The van der Waals surface area contributed by atoms with E-state index in [0.29, 0.717) is 5.56 Å². The number of carboxylic acid groups (broad SMARTS) is 1. The van der Waals surface area contributed by atoms with E-state index >= 15 is 0 Å². The molecule has 35 heavy (non-hydrogen) atoms. The average molecular weight is 506 g/mol. The van der Waals surface area contributed by atoms with Crippen LogP contribution in [-0.2, 0) is 31.9 Å². The van der Waals surface area contributed by atoms with Crippen LogP contribution in [0.5, 0.6) is 0 Å². The molecule has 2 atom stereocenters. The number of carbonyl (C=O) groups is 3. The number of carbonyl (C=O) groups excluding carboxylic acids is 2. The van der Waals surface area contributed by atoms with Gasteiger partial charge in [-0.15, -0.1) is 0 Å². The van der Waals surface area contributed by atoms with Crippen molar-refractivity contribution >= 4 is 33.6 Å². The summed E-state index contributed by atoms with van der Waals surface area (Å²) in [4.78, 5) is 35.8. The topological polar surface area (TPSA) is 212 Å². The van der Waals surface area contributed by atoms with Gasteiger partial charge in [-0.25, -0.2) is 17.9 Å². The van der Waals surface area contributed by atoms with Crippen LogP contribution in [0.3, 0.4) is 0 Å². The normalized spacial score (nSPS) is 12.9. The maximum absolute atomic E-state index is 12.5. The van der Waals surface area contributed by atoms with E-state index in [4.69, 9.17) is 16.2 Å². The van der Waals surface area contributed by atoms with Crippen molar-refractivity contribution in [3.05, 3.63) is 70.8 Å². The lowest BCUT2D eigenvalue weighted by Crippen LogP contribution is -2.54. The van der Waals surface area contributed by atoms with Crippen molar-refractivity contribution in [3.8, 4) is 0 Å². The van der Waals surface area contributed by atoms with Gasteiger partial charge in [-0.3, -0.25) is 15.0 Å². The van der Waals surface area contributed by atoms with E-state index in [-0.39, 0.29) is 23.5 Å². The monoisotopic (exact) mass is 505 g/mol. The first-order valence-corrected chi connectivity index (χ1v) is 12.0. The summed E-state index contributed by atoms with van der Waals surface area (Å²) in [6, 6.07) is 9.34. The summed E-state index contributed by atoms with van der Waals surface area (Å²) in [6.07, 6.45) is 0. The van der Waals surface area contributed by atoms with Gasteiger partial charge in [-0.1, -0.05) is 36.4 Å². The third-order valence-electron chi connectivity index (χ3n) is 4.84. The van der Waals surface area contributed by atoms with E-state index < -0.39 is 52.3 Å². The molecule has 2 aromatic rings. The van der Waals surface area contributed by atoms with Crippen LogP contribution in [0.4, 0.5) is 0 Å². The molecular formula is C22H27N5O7S. The zero-order valence-corrected chi connectivity index (χ0v) is 19.6. The maximum Gasteiger partial charge on any atom is 0.335 e. The molecule has 8 N–H and O–H groups in total. The molecule has 12 nitrogen and oxygen atoms in total. The number of carboxylic acids is 1. The molecule has 0 aliphatic rings. The lowest BCUT2D eigenvalue weighted by Gasteiger charge is -2.20. The highest BCUT2D eigenvalue weighted by atomic mass is 32.2. The molecule has 2 amide bonds. The summed E-state index contributed by atoms with van der Waals surface area (Å²) >= 11 is 0. The standard InChI is InChI=1S/C22H27N5O7S/c1-13(20(29)25-10-14-5-7-16(8-6-14)19(23)24)26-21(30)18(11-28)27-35(33,34)12-15-3-2-4-17(9-15)22(31)32/h2-9,13,18,27-28H,10-12H2,1H3,(H3,23,24)(H,25,29)(H,26,30)(H,31,32)/t13-,18+/m0/s1. The minimum atomic E-state index is -4.13. The zero-order chi connectivity index (χ0) is 26.2. The Morgan fingerprint density at radius 1 is 1.03 bits per heavy atom. The summed E-state index contributed by atoms with van der Waals surface area (Å²) < 4.78 is 27.0. The Kier molecular flexibility index (Phi) is 9.45. The smallest absolute Gasteiger partial charge is 0.335 e. The lowest BCUT2D eigenvalue weighted by molar-refractivity contribution is -0.130. The van der Waals surface area contributed by atoms with Crippen molar-refractivity contribution in [2.75, 3.05) is 6.61 Å². The fraction of sp³-hybridized carbons (Fsp3) is 0.273. The Morgan fingerprint density at radius 2 is 1.69 bits per heavy atom. The number of aromatic carboxylic acids is 1. The van der Waals surface area contributed by atoms with E-state index in [0.717, 1.165) is 5.56 Å². The van der Waals surface area contributed by atoms with Gasteiger partial charge in [0.25, 0.3) is 0 Å². The van der Waals surface area contributed by atoms with Gasteiger partial charge in [0.2, 0.25) is 21.8 Å². The predicted octanol–water partition coefficient (Wildman–Crippen LogP) is -0.730. The van der Waals surface area contributed by atoms with E-state index in [1.165, 1.54) is 31.2 Å². The quantitative estimate of drug-likeness (QED) is 0.144. The number of sulfonamides is 1. The summed E-state index contributed by atoms with van der Waals surface area (Å²) in [6.45, 7) is 0.673. The molecule has 2 rings (SSSR count). The molecule has 188 valence electrons. The Labute approximate surface area is 202 Å². The molecule has 0 aliphatic heterocycles. The second-order valence-corrected chi connectivity index (χ2v) is 9.43. The zero-order valence-electron chi connectivity index (χ0n) is 18.8. The van der Waals surface area contributed by atoms with Crippen LogP contribution in [0.1, 0.15) is 34.0 Å². The van der Waals surface area contributed by atoms with Crippen molar-refractivity contribution in [3.63, 3.8) is 0 Å². The van der Waals surface area contributed by atoms with Gasteiger partial charge in [-0.05, 0) is 30.2 Å². The Balaban J connectivity index is 1.92. The number of amides is 2. The molecule has 0 saturated heterocycles. The molecule has 0 heterocycles. The van der Waals surface area contributed by atoms with Crippen LogP contribution < -0.4 is 21.1 Å². The SMILES string of the molecule is C[C@H](NC(=O)[C@@H](CO)NS(=O)(=O)Cc1cccc(C(=O)O)c1)C(=O)NCc1ccc(C(=N)N)cc1. The number of aliphatic hydroxyl groups is 1. The number of amidine groups is 1. The molecular weight excluding hydrogens is 478 g/mol. The molecule has 13 heteroatoms. The highest BCUT2D eigenvalue weighted by Crippen LogP contribution is 2.09. The molecule has 0 aliphatic carbocycles. The predicted molar refractivity (Wildman–Crippen MR) is 127 cm³/mol. The molecule has 0 unspecified atom stereocenters. The van der Waals surface area contributed by atoms with E-state index in [1.807, 2.05) is 0 Å². The first-order valence-electron chi connectivity index (χ1n) is 10.4. The lowest BCUT2D eigenvalue weighted by atomic mass is 10.1. The molecule has 0 fully saturated rings. The van der Waals surface area contributed by atoms with Gasteiger partial charge in [0, 0.05) is 12.1 Å². The second kappa shape index (κ2) is 12.1. The van der Waals surface area contributed by atoms with E-state index in [1.54, 1.807) is 24.3 Å². The number of nitrogens with two attached hydrogens (primary N) is 1. The van der Waals surface area contributed by atoms with Crippen molar-refractivity contribution in [2.24, 2.45) is 5.73 Å². The van der Waals surface area contributed by atoms with Crippen LogP contribution in [0, 0.1) is 5.41 Å². The minimum absolute atomic E-state index is 0.0836. The highest BCUT2D eigenvalue weighted by molar-refractivity contribution is 7.88. The van der Waals surface area contributed by atoms with Crippen molar-refractivity contribution in [2.45, 2.75) is 31.3 Å². The number of rotatable bonds is 12. The molecule has 0 radical (unpaired) electrons. The summed E-state index contributed by atoms with van der Waals surface area (Å²) in [5.74, 6) is -3.37. The Bertz CT molecular complexity index is 1200. The van der Waals surface area contributed by atoms with E-state index in [2.05, 4.69) is 15.4 Å². The molecule has 2 aromatic carbocycles. The van der Waals surface area contributed by atoms with Crippen molar-refractivity contribution in [1.82, 2.24) is 15.4 Å². The van der Waals surface area contributed by atoms with Crippen LogP contribution in [-0.4, -0.2) is 60.9 Å².